The van der Waals surface area contributed by atoms with Crippen LogP contribution in [0.1, 0.15) is 53.4 Å². The lowest BCUT2D eigenvalue weighted by molar-refractivity contribution is -0.0678. The highest BCUT2D eigenvalue weighted by molar-refractivity contribution is 5.22. The van der Waals surface area contributed by atoms with Gasteiger partial charge in [0.15, 0.2) is 0 Å². The van der Waals surface area contributed by atoms with Crippen molar-refractivity contribution < 1.29 is 9.47 Å². The van der Waals surface area contributed by atoms with Gasteiger partial charge in [0.2, 0.25) is 0 Å². The average molecular weight is 345 g/mol. The quantitative estimate of drug-likeness (QED) is 0.673. The van der Waals surface area contributed by atoms with E-state index in [4.69, 9.17) is 9.47 Å². The lowest BCUT2D eigenvalue weighted by atomic mass is 9.65. The number of hydrogen-bond donors (Lipinski definition) is 0. The third-order valence-corrected chi connectivity index (χ3v) is 8.74. The largest absolute Gasteiger partial charge is 0.378 e. The maximum Gasteiger partial charge on any atom is 0.0670 e. The van der Waals surface area contributed by atoms with Crippen LogP contribution in [0, 0.1) is 53.3 Å². The van der Waals surface area contributed by atoms with E-state index in [-0.39, 0.29) is 0 Å². The molecule has 2 nitrogen and oxygen atoms in total. The Morgan fingerprint density at radius 3 is 2.44 bits per heavy atom. The van der Waals surface area contributed by atoms with E-state index in [0.29, 0.717) is 30.1 Å². The van der Waals surface area contributed by atoms with E-state index in [1.807, 2.05) is 0 Å². The fraction of sp³-hybridized carbons (Fsp3) is 0.913. The second kappa shape index (κ2) is 6.09. The molecule has 0 N–H and O–H groups in total. The summed E-state index contributed by atoms with van der Waals surface area (Å²) >= 11 is 0. The molecule has 4 fully saturated rings. The van der Waals surface area contributed by atoms with Gasteiger partial charge in [0.05, 0.1) is 24.9 Å². The topological polar surface area (TPSA) is 18.5 Å². The van der Waals surface area contributed by atoms with E-state index in [9.17, 15) is 0 Å². The predicted molar refractivity (Wildman–Crippen MR) is 100 cm³/mol. The Morgan fingerprint density at radius 2 is 1.72 bits per heavy atom. The molecular formula is C23H36O2. The SMILES string of the molecule is CC1CCC(C(C)C)C(OCC2C(C)C3OC2C2C4C=CC(C4)C32)C1. The highest BCUT2D eigenvalue weighted by atomic mass is 16.5. The minimum Gasteiger partial charge on any atom is -0.378 e. The average Bonchev–Trinajstić information content (AvgIpc) is 3.32. The van der Waals surface area contributed by atoms with Gasteiger partial charge in [-0.05, 0) is 66.6 Å². The predicted octanol–water partition coefficient (Wildman–Crippen LogP) is 4.94. The van der Waals surface area contributed by atoms with Crippen molar-refractivity contribution in [2.45, 2.75) is 71.7 Å². The number of allylic oxidation sites excluding steroid dienone is 2. The summed E-state index contributed by atoms with van der Waals surface area (Å²) in [5, 5.41) is 0. The molecule has 2 saturated heterocycles. The number of rotatable bonds is 4. The summed E-state index contributed by atoms with van der Waals surface area (Å²) in [5.74, 6) is 6.88. The van der Waals surface area contributed by atoms with Crippen LogP contribution in [0.2, 0.25) is 0 Å². The van der Waals surface area contributed by atoms with Gasteiger partial charge in [-0.25, -0.2) is 0 Å². The first-order chi connectivity index (χ1) is 12.0. The third kappa shape index (κ3) is 2.50. The molecule has 4 bridgehead atoms. The standard InChI is InChI=1S/C23H36O2/c1-12(2)17-8-5-13(3)9-19(17)24-11-18-14(4)22-20-15-6-7-16(10-15)21(20)23(18)25-22/h6-7,12-23H,5,8-11H2,1-4H3. The summed E-state index contributed by atoms with van der Waals surface area (Å²) in [5.41, 5.74) is 0. The van der Waals surface area contributed by atoms with Crippen molar-refractivity contribution in [3.05, 3.63) is 12.2 Å². The molecule has 0 spiro atoms. The van der Waals surface area contributed by atoms with Crippen LogP contribution in [0.5, 0.6) is 0 Å². The first-order valence-electron chi connectivity index (χ1n) is 11.0. The second-order valence-electron chi connectivity index (χ2n) is 10.4. The van der Waals surface area contributed by atoms with Crippen molar-refractivity contribution in [1.29, 1.82) is 0 Å². The molecule has 0 radical (unpaired) electrons. The molecule has 5 rings (SSSR count). The molecule has 0 aromatic carbocycles. The van der Waals surface area contributed by atoms with Crippen LogP contribution in [0.3, 0.4) is 0 Å². The molecule has 2 aliphatic heterocycles. The van der Waals surface area contributed by atoms with E-state index < -0.39 is 0 Å². The summed E-state index contributed by atoms with van der Waals surface area (Å²) in [6.07, 6.45) is 11.9. The number of hydrogen-bond acceptors (Lipinski definition) is 2. The van der Waals surface area contributed by atoms with Gasteiger partial charge in [0.25, 0.3) is 0 Å². The number of fused-ring (bicyclic) bond motifs is 9. The molecule has 2 saturated carbocycles. The van der Waals surface area contributed by atoms with Crippen LogP contribution in [0.25, 0.3) is 0 Å². The zero-order valence-corrected chi connectivity index (χ0v) is 16.4. The first kappa shape index (κ1) is 16.8. The fourth-order valence-electron chi connectivity index (χ4n) is 7.38. The van der Waals surface area contributed by atoms with E-state index in [1.54, 1.807) is 0 Å². The third-order valence-electron chi connectivity index (χ3n) is 8.74. The Balaban J connectivity index is 1.27. The van der Waals surface area contributed by atoms with Gasteiger partial charge in [-0.2, -0.15) is 0 Å². The molecule has 140 valence electrons. The number of ether oxygens (including phenoxy) is 2. The molecular weight excluding hydrogens is 308 g/mol. The first-order valence-corrected chi connectivity index (χ1v) is 11.0. The summed E-state index contributed by atoms with van der Waals surface area (Å²) in [6.45, 7) is 10.5. The molecule has 0 amide bonds. The smallest absolute Gasteiger partial charge is 0.0670 e. The van der Waals surface area contributed by atoms with Gasteiger partial charge in [0.1, 0.15) is 0 Å². The molecule has 0 aromatic rings. The molecule has 0 aromatic heterocycles. The lowest BCUT2D eigenvalue weighted by Gasteiger charge is -2.40. The van der Waals surface area contributed by atoms with Gasteiger partial charge < -0.3 is 9.47 Å². The van der Waals surface area contributed by atoms with Crippen molar-refractivity contribution in [2.75, 3.05) is 6.61 Å². The van der Waals surface area contributed by atoms with E-state index >= 15 is 0 Å². The maximum atomic E-state index is 6.66. The van der Waals surface area contributed by atoms with E-state index in [0.717, 1.165) is 48.0 Å². The molecule has 25 heavy (non-hydrogen) atoms. The van der Waals surface area contributed by atoms with Gasteiger partial charge in [-0.1, -0.05) is 46.3 Å². The maximum absolute atomic E-state index is 6.66. The zero-order chi connectivity index (χ0) is 17.3. The normalized spacial score (nSPS) is 56.1. The van der Waals surface area contributed by atoms with E-state index in [2.05, 4.69) is 39.8 Å². The molecule has 3 aliphatic carbocycles. The van der Waals surface area contributed by atoms with Gasteiger partial charge in [0, 0.05) is 5.92 Å². The van der Waals surface area contributed by atoms with Crippen LogP contribution in [0.4, 0.5) is 0 Å². The molecule has 11 unspecified atom stereocenters. The monoisotopic (exact) mass is 344 g/mol. The van der Waals surface area contributed by atoms with Crippen LogP contribution >= 0.6 is 0 Å². The summed E-state index contributed by atoms with van der Waals surface area (Å²) in [6, 6.07) is 0. The minimum atomic E-state index is 0.475. The fourth-order valence-corrected chi connectivity index (χ4v) is 7.38. The Hall–Kier alpha value is -0.340. The van der Waals surface area contributed by atoms with Gasteiger partial charge in [-0.15, -0.1) is 0 Å². The lowest BCUT2D eigenvalue weighted by Crippen LogP contribution is -2.44. The van der Waals surface area contributed by atoms with Crippen molar-refractivity contribution in [1.82, 2.24) is 0 Å². The molecule has 2 heterocycles. The van der Waals surface area contributed by atoms with Crippen molar-refractivity contribution in [3.63, 3.8) is 0 Å². The molecule has 5 aliphatic rings. The Morgan fingerprint density at radius 1 is 1.00 bits per heavy atom. The van der Waals surface area contributed by atoms with E-state index in [1.165, 1.54) is 25.7 Å². The summed E-state index contributed by atoms with van der Waals surface area (Å²) < 4.78 is 13.2. The highest BCUT2D eigenvalue weighted by Crippen LogP contribution is 2.63. The Labute approximate surface area is 153 Å². The molecule has 2 heteroatoms. The highest BCUT2D eigenvalue weighted by Gasteiger charge is 2.64. The van der Waals surface area contributed by atoms with Crippen LogP contribution in [-0.4, -0.2) is 24.9 Å². The van der Waals surface area contributed by atoms with Gasteiger partial charge >= 0.3 is 0 Å². The summed E-state index contributed by atoms with van der Waals surface area (Å²) in [4.78, 5) is 0. The zero-order valence-electron chi connectivity index (χ0n) is 16.4. The summed E-state index contributed by atoms with van der Waals surface area (Å²) in [7, 11) is 0. The minimum absolute atomic E-state index is 0.475. The van der Waals surface area contributed by atoms with Gasteiger partial charge in [-0.3, -0.25) is 0 Å². The van der Waals surface area contributed by atoms with Crippen molar-refractivity contribution >= 4 is 0 Å². The van der Waals surface area contributed by atoms with Crippen LogP contribution < -0.4 is 0 Å². The van der Waals surface area contributed by atoms with Crippen molar-refractivity contribution in [2.24, 2.45) is 53.3 Å². The Bertz CT molecular complexity index is 540. The Kier molecular flexibility index (Phi) is 4.09. The second-order valence-corrected chi connectivity index (χ2v) is 10.4. The van der Waals surface area contributed by atoms with Crippen LogP contribution in [0.15, 0.2) is 12.2 Å². The molecule has 11 atom stereocenters. The van der Waals surface area contributed by atoms with Crippen molar-refractivity contribution in [3.8, 4) is 0 Å². The van der Waals surface area contributed by atoms with Crippen LogP contribution in [-0.2, 0) is 9.47 Å².